The zero-order valence-corrected chi connectivity index (χ0v) is 10.2. The molecule has 0 spiro atoms. The minimum Gasteiger partial charge on any atom is -0.394 e. The van der Waals surface area contributed by atoms with Crippen LogP contribution in [0.3, 0.4) is 0 Å². The molecule has 98 valence electrons. The molecular formula is C9H20O6S. The van der Waals surface area contributed by atoms with Gasteiger partial charge in [0.25, 0.3) is 0 Å². The SMILES string of the molecule is CC(C)S.OC[C@H]1O[C@@H](O)[C@H](O)[C@@H](O)[C@H]1O. The van der Waals surface area contributed by atoms with Crippen LogP contribution in [0, 0.1) is 0 Å². The molecule has 6 nitrogen and oxygen atoms in total. The zero-order chi connectivity index (χ0) is 12.9. The van der Waals surface area contributed by atoms with Gasteiger partial charge in [-0.3, -0.25) is 0 Å². The summed E-state index contributed by atoms with van der Waals surface area (Å²) < 4.78 is 4.58. The van der Waals surface area contributed by atoms with Crippen molar-refractivity contribution >= 4 is 12.6 Å². The Morgan fingerprint density at radius 1 is 1.06 bits per heavy atom. The lowest BCUT2D eigenvalue weighted by atomic mass is 10.00. The van der Waals surface area contributed by atoms with Crippen LogP contribution in [0.15, 0.2) is 0 Å². The first-order valence-corrected chi connectivity index (χ1v) is 5.49. The van der Waals surface area contributed by atoms with Crippen molar-refractivity contribution in [3.63, 3.8) is 0 Å². The van der Waals surface area contributed by atoms with Gasteiger partial charge in [0.1, 0.15) is 24.4 Å². The summed E-state index contributed by atoms with van der Waals surface area (Å²) in [7, 11) is 0. The van der Waals surface area contributed by atoms with Gasteiger partial charge in [-0.1, -0.05) is 13.8 Å². The maximum atomic E-state index is 9.12. The van der Waals surface area contributed by atoms with Crippen molar-refractivity contribution in [1.82, 2.24) is 0 Å². The normalized spacial score (nSPS) is 39.2. The average Bonchev–Trinajstić information content (AvgIpc) is 2.19. The first-order chi connectivity index (χ1) is 7.31. The number of aliphatic hydroxyl groups is 5. The van der Waals surface area contributed by atoms with E-state index in [0.717, 1.165) is 0 Å². The smallest absolute Gasteiger partial charge is 0.184 e. The van der Waals surface area contributed by atoms with E-state index in [1.54, 1.807) is 0 Å². The molecule has 0 aromatic rings. The lowest BCUT2D eigenvalue weighted by Gasteiger charge is -2.37. The summed E-state index contributed by atoms with van der Waals surface area (Å²) in [5.41, 5.74) is 0. The zero-order valence-electron chi connectivity index (χ0n) is 9.26. The molecule has 1 saturated heterocycles. The second-order valence-electron chi connectivity index (χ2n) is 3.81. The molecule has 0 unspecified atom stereocenters. The van der Waals surface area contributed by atoms with E-state index >= 15 is 0 Å². The molecule has 1 aliphatic heterocycles. The Bertz CT molecular complexity index is 183. The van der Waals surface area contributed by atoms with E-state index in [9.17, 15) is 0 Å². The second kappa shape index (κ2) is 7.44. The fraction of sp³-hybridized carbons (Fsp3) is 1.00. The minimum absolute atomic E-state index is 0.526. The van der Waals surface area contributed by atoms with Crippen LogP contribution in [0.1, 0.15) is 13.8 Å². The number of aliphatic hydroxyl groups excluding tert-OH is 5. The summed E-state index contributed by atoms with van der Waals surface area (Å²) in [6.07, 6.45) is -7.04. The Kier molecular flexibility index (Phi) is 7.49. The van der Waals surface area contributed by atoms with Crippen molar-refractivity contribution in [3.05, 3.63) is 0 Å². The molecule has 1 aliphatic rings. The number of ether oxygens (including phenoxy) is 1. The van der Waals surface area contributed by atoms with Crippen molar-refractivity contribution in [3.8, 4) is 0 Å². The summed E-state index contributed by atoms with van der Waals surface area (Å²) in [5.74, 6) is 0. The molecule has 1 fully saturated rings. The first-order valence-electron chi connectivity index (χ1n) is 4.97. The largest absolute Gasteiger partial charge is 0.394 e. The van der Waals surface area contributed by atoms with Crippen LogP contribution in [-0.4, -0.2) is 68.1 Å². The van der Waals surface area contributed by atoms with E-state index in [0.29, 0.717) is 5.25 Å². The quantitative estimate of drug-likeness (QED) is 0.306. The molecular weight excluding hydrogens is 236 g/mol. The molecule has 0 aliphatic carbocycles. The van der Waals surface area contributed by atoms with Gasteiger partial charge in [0.2, 0.25) is 0 Å². The molecule has 0 aromatic heterocycles. The van der Waals surface area contributed by atoms with Gasteiger partial charge < -0.3 is 30.3 Å². The van der Waals surface area contributed by atoms with Gasteiger partial charge >= 0.3 is 0 Å². The van der Waals surface area contributed by atoms with Gasteiger partial charge in [0.05, 0.1) is 6.61 Å². The standard InChI is InChI=1S/C6H12O6.C3H8S/c7-1-2-3(8)4(9)5(10)6(11)12-2;1-3(2)4/h2-11H,1H2;3-4H,1-2H3/t2-,3+,4+,5-,6-;/m1./s1. The molecule has 5 N–H and O–H groups in total. The van der Waals surface area contributed by atoms with E-state index in [1.165, 1.54) is 0 Å². The van der Waals surface area contributed by atoms with Crippen molar-refractivity contribution < 1.29 is 30.3 Å². The summed E-state index contributed by atoms with van der Waals surface area (Å²) in [6.45, 7) is 3.54. The fourth-order valence-corrected chi connectivity index (χ4v) is 1.08. The highest BCUT2D eigenvalue weighted by atomic mass is 32.1. The van der Waals surface area contributed by atoms with E-state index < -0.39 is 37.3 Å². The summed E-state index contributed by atoms with van der Waals surface area (Å²) >= 11 is 3.97. The minimum atomic E-state index is -1.57. The topological polar surface area (TPSA) is 110 Å². The molecule has 0 aromatic carbocycles. The number of thiol groups is 1. The number of rotatable bonds is 1. The molecule has 5 atom stereocenters. The Balaban J connectivity index is 0.000000487. The summed E-state index contributed by atoms with van der Waals surface area (Å²) in [5, 5.41) is 45.2. The molecule has 1 rings (SSSR count). The maximum Gasteiger partial charge on any atom is 0.184 e. The van der Waals surface area contributed by atoms with Crippen LogP contribution in [0.5, 0.6) is 0 Å². The third-order valence-corrected chi connectivity index (χ3v) is 1.87. The Morgan fingerprint density at radius 3 is 1.88 bits per heavy atom. The van der Waals surface area contributed by atoms with Crippen LogP contribution in [0.4, 0.5) is 0 Å². The predicted molar refractivity (Wildman–Crippen MR) is 60.1 cm³/mol. The van der Waals surface area contributed by atoms with E-state index in [2.05, 4.69) is 17.4 Å². The fourth-order valence-electron chi connectivity index (χ4n) is 1.08. The van der Waals surface area contributed by atoms with Crippen molar-refractivity contribution in [2.75, 3.05) is 6.61 Å². The highest BCUT2D eigenvalue weighted by molar-refractivity contribution is 7.80. The Labute approximate surface area is 99.9 Å². The Hall–Kier alpha value is 0.110. The molecule has 1 heterocycles. The Morgan fingerprint density at radius 2 is 1.50 bits per heavy atom. The van der Waals surface area contributed by atoms with E-state index in [-0.39, 0.29) is 0 Å². The second-order valence-corrected chi connectivity index (χ2v) is 4.85. The van der Waals surface area contributed by atoms with Crippen LogP contribution in [0.25, 0.3) is 0 Å². The monoisotopic (exact) mass is 256 g/mol. The molecule has 0 amide bonds. The summed E-state index contributed by atoms with van der Waals surface area (Å²) in [6, 6.07) is 0. The lowest BCUT2D eigenvalue weighted by molar-refractivity contribution is -0.286. The van der Waals surface area contributed by atoms with Gasteiger partial charge in [-0.2, -0.15) is 12.6 Å². The van der Waals surface area contributed by atoms with Crippen molar-refractivity contribution in [2.24, 2.45) is 0 Å². The van der Waals surface area contributed by atoms with Gasteiger partial charge in [0, 0.05) is 0 Å². The van der Waals surface area contributed by atoms with Gasteiger partial charge in [0.15, 0.2) is 6.29 Å². The molecule has 0 bridgehead atoms. The molecule has 16 heavy (non-hydrogen) atoms. The lowest BCUT2D eigenvalue weighted by Crippen LogP contribution is -2.58. The van der Waals surface area contributed by atoms with Gasteiger partial charge in [-0.05, 0) is 5.25 Å². The predicted octanol–water partition coefficient (Wildman–Crippen LogP) is -1.90. The molecule has 0 saturated carbocycles. The van der Waals surface area contributed by atoms with E-state index in [1.807, 2.05) is 13.8 Å². The molecule has 7 heteroatoms. The van der Waals surface area contributed by atoms with Crippen molar-refractivity contribution in [2.45, 2.75) is 49.8 Å². The van der Waals surface area contributed by atoms with Crippen LogP contribution < -0.4 is 0 Å². The third kappa shape index (κ3) is 4.96. The average molecular weight is 256 g/mol. The maximum absolute atomic E-state index is 9.12. The molecule has 0 radical (unpaired) electrons. The first kappa shape index (κ1) is 16.1. The van der Waals surface area contributed by atoms with Crippen LogP contribution in [-0.2, 0) is 4.74 Å². The highest BCUT2D eigenvalue weighted by Gasteiger charge is 2.42. The number of hydrogen-bond donors (Lipinski definition) is 6. The van der Waals surface area contributed by atoms with E-state index in [4.69, 9.17) is 25.5 Å². The highest BCUT2D eigenvalue weighted by Crippen LogP contribution is 2.18. The van der Waals surface area contributed by atoms with Crippen LogP contribution in [0.2, 0.25) is 0 Å². The summed E-state index contributed by atoms with van der Waals surface area (Å²) in [4.78, 5) is 0. The number of hydrogen-bond acceptors (Lipinski definition) is 7. The van der Waals surface area contributed by atoms with Gasteiger partial charge in [-0.25, -0.2) is 0 Å². The third-order valence-electron chi connectivity index (χ3n) is 1.87. The van der Waals surface area contributed by atoms with Crippen LogP contribution >= 0.6 is 12.6 Å². The van der Waals surface area contributed by atoms with Gasteiger partial charge in [-0.15, -0.1) is 0 Å². The van der Waals surface area contributed by atoms with Crippen molar-refractivity contribution in [1.29, 1.82) is 0 Å².